The molecular weight excluding hydrogens is 575 g/mol. The second kappa shape index (κ2) is 11.4. The average Bonchev–Trinajstić information content (AvgIpc) is 3.17. The number of carbonyl (C=O) groups is 1. The topological polar surface area (TPSA) is 74.9 Å². The van der Waals surface area contributed by atoms with E-state index in [1.54, 1.807) is 18.2 Å². The molecule has 2 heterocycles. The first-order chi connectivity index (χ1) is 19.3. The van der Waals surface area contributed by atoms with Crippen LogP contribution in [0.15, 0.2) is 36.4 Å². The van der Waals surface area contributed by atoms with Gasteiger partial charge in [0.25, 0.3) is 0 Å². The monoisotopic (exact) mass is 612 g/mol. The molecule has 1 aromatic heterocycles. The van der Waals surface area contributed by atoms with E-state index in [1.165, 1.54) is 13.0 Å². The molecule has 42 heavy (non-hydrogen) atoms. The fourth-order valence-electron chi connectivity index (χ4n) is 5.48. The Hall–Kier alpha value is -2.80. The second-order valence-electron chi connectivity index (χ2n) is 12.6. The molecule has 0 aliphatic carbocycles. The highest BCUT2D eigenvalue weighted by Crippen LogP contribution is 2.45. The molecule has 2 aromatic carbocycles. The maximum atomic E-state index is 15.9. The lowest BCUT2D eigenvalue weighted by Crippen LogP contribution is -2.48. The number of carboxylic acid groups (broad SMARTS) is 1. The molecule has 3 unspecified atom stereocenters. The number of hydrogen-bond acceptors (Lipinski definition) is 4. The van der Waals surface area contributed by atoms with Crippen LogP contribution < -0.4 is 0 Å². The zero-order chi connectivity index (χ0) is 31.4. The van der Waals surface area contributed by atoms with Gasteiger partial charge in [0.05, 0.1) is 29.9 Å². The minimum atomic E-state index is -4.72. The van der Waals surface area contributed by atoms with E-state index in [2.05, 4.69) is 20.8 Å². The number of fused-ring (bicyclic) bond motifs is 3. The first kappa shape index (κ1) is 32.1. The first-order valence-corrected chi connectivity index (χ1v) is 16.7. The highest BCUT2D eigenvalue weighted by Gasteiger charge is 2.45. The number of aromatic nitrogens is 1. The Balaban J connectivity index is 1.80. The minimum absolute atomic E-state index is 0.0525. The molecule has 0 saturated heterocycles. The van der Waals surface area contributed by atoms with Gasteiger partial charge >= 0.3 is 12.3 Å². The van der Waals surface area contributed by atoms with Crippen LogP contribution in [0.5, 0.6) is 0 Å². The van der Waals surface area contributed by atoms with Crippen LogP contribution in [0, 0.1) is 11.6 Å². The second-order valence-corrected chi connectivity index (χ2v) is 17.4. The van der Waals surface area contributed by atoms with Crippen LogP contribution >= 0.6 is 0 Å². The van der Waals surface area contributed by atoms with E-state index in [4.69, 9.17) is 4.43 Å². The van der Waals surface area contributed by atoms with E-state index < -0.39 is 62.5 Å². The van der Waals surface area contributed by atoms with Gasteiger partial charge in [0, 0.05) is 23.6 Å². The highest BCUT2D eigenvalue weighted by molar-refractivity contribution is 6.74. The molecule has 4 rings (SSSR count). The fraction of sp³-hybridized carbons (Fsp3) is 0.500. The van der Waals surface area contributed by atoms with Crippen molar-refractivity contribution < 1.29 is 41.4 Å². The summed E-state index contributed by atoms with van der Waals surface area (Å²) in [6.07, 6.45) is -7.38. The smallest absolute Gasteiger partial charge is 0.416 e. The van der Waals surface area contributed by atoms with Crippen molar-refractivity contribution in [1.82, 2.24) is 9.47 Å². The molecule has 230 valence electrons. The predicted octanol–water partition coefficient (Wildman–Crippen LogP) is 7.79. The Kier molecular flexibility index (Phi) is 8.69. The molecule has 12 heteroatoms. The molecule has 0 radical (unpaired) electrons. The van der Waals surface area contributed by atoms with E-state index >= 15 is 8.78 Å². The van der Waals surface area contributed by atoms with Crippen LogP contribution in [0.1, 0.15) is 68.6 Å². The Bertz CT molecular complexity index is 1460. The average molecular weight is 613 g/mol. The number of hydrogen-bond donors (Lipinski definition) is 2. The summed E-state index contributed by atoms with van der Waals surface area (Å²) < 4.78 is 80.1. The minimum Gasteiger partial charge on any atom is -0.464 e. The molecule has 2 N–H and O–H groups in total. The Morgan fingerprint density at radius 1 is 1.12 bits per heavy atom. The number of aliphatic hydroxyl groups is 1. The largest absolute Gasteiger partial charge is 0.464 e. The van der Waals surface area contributed by atoms with Crippen LogP contribution in [0.2, 0.25) is 18.1 Å². The van der Waals surface area contributed by atoms with Crippen LogP contribution in [0.3, 0.4) is 0 Å². The Morgan fingerprint density at radius 3 is 2.26 bits per heavy atom. The van der Waals surface area contributed by atoms with Crippen LogP contribution in [-0.2, 0) is 10.8 Å². The van der Waals surface area contributed by atoms with Crippen molar-refractivity contribution >= 4 is 25.3 Å². The van der Waals surface area contributed by atoms with Crippen molar-refractivity contribution in [2.24, 2.45) is 0 Å². The summed E-state index contributed by atoms with van der Waals surface area (Å²) in [6.45, 7) is 10.4. The zero-order valence-electron chi connectivity index (χ0n) is 24.5. The molecule has 0 fully saturated rings. The van der Waals surface area contributed by atoms with E-state index in [9.17, 15) is 28.2 Å². The van der Waals surface area contributed by atoms with Gasteiger partial charge in [-0.15, -0.1) is 0 Å². The van der Waals surface area contributed by atoms with E-state index in [1.807, 2.05) is 13.1 Å². The quantitative estimate of drug-likeness (QED) is 0.211. The summed E-state index contributed by atoms with van der Waals surface area (Å²) in [4.78, 5) is 13.3. The van der Waals surface area contributed by atoms with Gasteiger partial charge in [0.2, 0.25) is 0 Å². The van der Waals surface area contributed by atoms with Crippen molar-refractivity contribution in [2.75, 3.05) is 13.2 Å². The van der Waals surface area contributed by atoms with Gasteiger partial charge in [-0.05, 0) is 67.2 Å². The molecule has 3 aromatic rings. The Morgan fingerprint density at radius 2 is 1.71 bits per heavy atom. The standard InChI is InChI=1S/C30H37F5N2O4Si/c1-17-13-20-19-9-7-8-10-23(19)37(28(39)40)26(20)27(36(17)16-30(33,34)35)25-21(31)14-18(15-22(25)32)24(38)11-12-41-42(5,6)29(2,3)4/h7-10,14-15,17,24,27,38H,11-13,16H2,1-6H3,(H,39,40). The molecule has 0 bridgehead atoms. The van der Waals surface area contributed by atoms with Gasteiger partial charge < -0.3 is 14.6 Å². The maximum absolute atomic E-state index is 15.9. The zero-order valence-corrected chi connectivity index (χ0v) is 25.5. The van der Waals surface area contributed by atoms with Crippen LogP contribution in [0.4, 0.5) is 26.7 Å². The number of halogens is 5. The molecule has 0 saturated carbocycles. The van der Waals surface area contributed by atoms with Crippen molar-refractivity contribution in [3.05, 3.63) is 70.4 Å². The van der Waals surface area contributed by atoms with Gasteiger partial charge in [-0.1, -0.05) is 39.0 Å². The number of nitrogens with zero attached hydrogens (tertiary/aromatic N) is 2. The van der Waals surface area contributed by atoms with Crippen molar-refractivity contribution in [2.45, 2.75) is 83.0 Å². The first-order valence-electron chi connectivity index (χ1n) is 13.8. The predicted molar refractivity (Wildman–Crippen MR) is 152 cm³/mol. The van der Waals surface area contributed by atoms with Crippen molar-refractivity contribution in [3.8, 4) is 0 Å². The molecular formula is C30H37F5N2O4Si. The van der Waals surface area contributed by atoms with E-state index in [0.29, 0.717) is 10.9 Å². The van der Waals surface area contributed by atoms with Crippen molar-refractivity contribution in [1.29, 1.82) is 0 Å². The molecule has 1 aliphatic rings. The summed E-state index contributed by atoms with van der Waals surface area (Å²) in [7, 11) is -2.13. The molecule has 3 atom stereocenters. The summed E-state index contributed by atoms with van der Waals surface area (Å²) in [5.74, 6) is -2.34. The normalized spacial score (nSPS) is 19.2. The number of para-hydroxylation sites is 1. The lowest BCUT2D eigenvalue weighted by atomic mass is 9.87. The van der Waals surface area contributed by atoms with E-state index in [0.717, 1.165) is 21.6 Å². The van der Waals surface area contributed by atoms with E-state index in [-0.39, 0.29) is 41.3 Å². The number of rotatable bonds is 7. The van der Waals surface area contributed by atoms with Gasteiger partial charge in [-0.2, -0.15) is 13.2 Å². The van der Waals surface area contributed by atoms with Gasteiger partial charge in [0.1, 0.15) is 11.6 Å². The third-order valence-corrected chi connectivity index (χ3v) is 13.2. The van der Waals surface area contributed by atoms with Crippen LogP contribution in [0.25, 0.3) is 10.9 Å². The summed E-state index contributed by atoms with van der Waals surface area (Å²) in [5.41, 5.74) is -0.270. The number of aliphatic hydroxyl groups excluding tert-OH is 1. The third kappa shape index (κ3) is 6.13. The summed E-state index contributed by atoms with van der Waals surface area (Å²) >= 11 is 0. The van der Waals surface area contributed by atoms with Gasteiger partial charge in [0.15, 0.2) is 8.32 Å². The molecule has 1 aliphatic heterocycles. The third-order valence-electron chi connectivity index (χ3n) is 8.65. The van der Waals surface area contributed by atoms with Gasteiger partial charge in [-0.3, -0.25) is 4.90 Å². The van der Waals surface area contributed by atoms with Gasteiger partial charge in [-0.25, -0.2) is 18.1 Å². The SMILES string of the molecule is CC1Cc2c(n(C(=O)O)c3ccccc23)C(c2c(F)cc(C(O)CCO[Si](C)(C)C(C)(C)C)cc2F)N1CC(F)(F)F. The maximum Gasteiger partial charge on any atom is 0.416 e. The summed E-state index contributed by atoms with van der Waals surface area (Å²) in [5, 5.41) is 21.3. The lowest BCUT2D eigenvalue weighted by molar-refractivity contribution is -0.155. The summed E-state index contributed by atoms with van der Waals surface area (Å²) in [6, 6.07) is 5.72. The number of benzene rings is 2. The Labute approximate surface area is 242 Å². The molecule has 0 amide bonds. The lowest BCUT2D eigenvalue weighted by Gasteiger charge is -2.42. The van der Waals surface area contributed by atoms with Crippen LogP contribution in [-0.4, -0.2) is 59.5 Å². The number of alkyl halides is 3. The highest BCUT2D eigenvalue weighted by atomic mass is 28.4. The molecule has 6 nitrogen and oxygen atoms in total. The van der Waals surface area contributed by atoms with Crippen molar-refractivity contribution in [3.63, 3.8) is 0 Å². The molecule has 0 spiro atoms. The fourth-order valence-corrected chi connectivity index (χ4v) is 6.54.